The van der Waals surface area contributed by atoms with Crippen LogP contribution in [0.3, 0.4) is 0 Å². The number of hydrogen-bond donors (Lipinski definition) is 1. The highest BCUT2D eigenvalue weighted by atomic mass is 19.1. The summed E-state index contributed by atoms with van der Waals surface area (Å²) in [4.78, 5) is 21.0. The molecule has 1 aliphatic heterocycles. The van der Waals surface area contributed by atoms with E-state index >= 15 is 0 Å². The Bertz CT molecular complexity index is 451. The van der Waals surface area contributed by atoms with Crippen LogP contribution in [0.1, 0.15) is 18.9 Å². The summed E-state index contributed by atoms with van der Waals surface area (Å²) in [5.74, 6) is -0.629. The average molecular weight is 253 g/mol. The highest BCUT2D eigenvalue weighted by Gasteiger charge is 2.46. The van der Waals surface area contributed by atoms with E-state index in [1.807, 2.05) is 6.92 Å². The summed E-state index contributed by atoms with van der Waals surface area (Å²) in [7, 11) is 0. The maximum Gasteiger partial charge on any atom is 0.312 e. The van der Waals surface area contributed by atoms with E-state index in [2.05, 4.69) is 9.97 Å². The second-order valence-electron chi connectivity index (χ2n) is 4.95. The third-order valence-electron chi connectivity index (χ3n) is 3.51. The third kappa shape index (κ3) is 2.14. The van der Waals surface area contributed by atoms with Crippen LogP contribution in [0, 0.1) is 12.3 Å². The molecule has 1 aromatic rings. The first-order valence-corrected chi connectivity index (χ1v) is 5.84. The predicted molar refractivity (Wildman–Crippen MR) is 64.2 cm³/mol. The number of alkyl halides is 1. The minimum atomic E-state index is -1.42. The second kappa shape index (κ2) is 4.51. The van der Waals surface area contributed by atoms with Gasteiger partial charge in [0.1, 0.15) is 6.17 Å². The van der Waals surface area contributed by atoms with Gasteiger partial charge in [0.15, 0.2) is 0 Å². The van der Waals surface area contributed by atoms with Crippen molar-refractivity contribution in [2.45, 2.75) is 26.4 Å². The molecule has 2 heterocycles. The van der Waals surface area contributed by atoms with Crippen LogP contribution in [-0.2, 0) is 4.79 Å². The molecule has 0 amide bonds. The molecule has 1 N–H and O–H groups in total. The number of piperidine rings is 1. The Morgan fingerprint density at radius 3 is 2.67 bits per heavy atom. The van der Waals surface area contributed by atoms with Crippen molar-refractivity contribution in [3.63, 3.8) is 0 Å². The predicted octanol–water partition coefficient (Wildman–Crippen LogP) is 1.42. The lowest BCUT2D eigenvalue weighted by Crippen LogP contribution is -2.51. The minimum Gasteiger partial charge on any atom is -0.481 e. The molecule has 1 aliphatic rings. The van der Waals surface area contributed by atoms with Gasteiger partial charge in [-0.1, -0.05) is 0 Å². The summed E-state index contributed by atoms with van der Waals surface area (Å²) in [5.41, 5.74) is -0.371. The van der Waals surface area contributed by atoms with Crippen LogP contribution in [-0.4, -0.2) is 40.3 Å². The zero-order valence-corrected chi connectivity index (χ0v) is 10.4. The molecule has 0 aliphatic carbocycles. The number of aliphatic carboxylic acids is 1. The molecule has 2 rings (SSSR count). The number of aryl methyl sites for hydroxylation is 1. The number of aromatic nitrogens is 2. The van der Waals surface area contributed by atoms with Gasteiger partial charge in [0.2, 0.25) is 5.95 Å². The van der Waals surface area contributed by atoms with Gasteiger partial charge in [-0.15, -0.1) is 0 Å². The fraction of sp³-hybridized carbons (Fsp3) is 0.583. The summed E-state index contributed by atoms with van der Waals surface area (Å²) in [6.45, 7) is 3.80. The molecule has 5 nitrogen and oxygen atoms in total. The molecule has 1 aromatic heterocycles. The first-order chi connectivity index (χ1) is 8.43. The Kier molecular flexibility index (Phi) is 3.19. The monoisotopic (exact) mass is 253 g/mol. The molecule has 0 saturated carbocycles. The van der Waals surface area contributed by atoms with E-state index in [0.717, 1.165) is 5.56 Å². The van der Waals surface area contributed by atoms with Gasteiger partial charge in [-0.25, -0.2) is 14.4 Å². The summed E-state index contributed by atoms with van der Waals surface area (Å²) in [6, 6.07) is 0. The first-order valence-electron chi connectivity index (χ1n) is 5.84. The van der Waals surface area contributed by atoms with Gasteiger partial charge in [-0.3, -0.25) is 4.79 Å². The maximum atomic E-state index is 14.0. The Labute approximate surface area is 105 Å². The molecular weight excluding hydrogens is 237 g/mol. The molecule has 1 unspecified atom stereocenters. The first kappa shape index (κ1) is 12.7. The van der Waals surface area contributed by atoms with Crippen LogP contribution in [0.15, 0.2) is 12.4 Å². The highest BCUT2D eigenvalue weighted by Crippen LogP contribution is 2.34. The van der Waals surface area contributed by atoms with Crippen molar-refractivity contribution in [3.05, 3.63) is 18.0 Å². The zero-order chi connectivity index (χ0) is 13.3. The van der Waals surface area contributed by atoms with Crippen molar-refractivity contribution in [1.29, 1.82) is 0 Å². The van der Waals surface area contributed by atoms with Crippen LogP contribution in [0.25, 0.3) is 0 Å². The van der Waals surface area contributed by atoms with Gasteiger partial charge in [0, 0.05) is 18.9 Å². The number of carboxylic acid groups (broad SMARTS) is 1. The largest absolute Gasteiger partial charge is 0.481 e. The zero-order valence-electron chi connectivity index (χ0n) is 10.4. The van der Waals surface area contributed by atoms with Crippen molar-refractivity contribution < 1.29 is 14.3 Å². The number of carboxylic acids is 1. The summed E-state index contributed by atoms with van der Waals surface area (Å²) in [5, 5.41) is 9.07. The summed E-state index contributed by atoms with van der Waals surface area (Å²) >= 11 is 0. The lowest BCUT2D eigenvalue weighted by molar-refractivity contribution is -0.153. The van der Waals surface area contributed by atoms with E-state index in [0.29, 0.717) is 12.5 Å². The molecule has 6 heteroatoms. The molecule has 0 aromatic carbocycles. The number of nitrogens with zero attached hydrogens (tertiary/aromatic N) is 3. The molecule has 18 heavy (non-hydrogen) atoms. The Balaban J connectivity index is 2.13. The summed E-state index contributed by atoms with van der Waals surface area (Å²) in [6.07, 6.45) is 2.16. The standard InChI is InChI=1S/C12H16FN3O2/c1-8-5-14-11(15-6-8)16-4-3-12(2,10(17)18)9(13)7-16/h5-6,9H,3-4,7H2,1-2H3,(H,17,18)/t9-,12?/m1/s1. The lowest BCUT2D eigenvalue weighted by Gasteiger charge is -2.39. The molecule has 98 valence electrons. The molecule has 1 saturated heterocycles. The molecule has 0 bridgehead atoms. The van der Waals surface area contributed by atoms with Crippen LogP contribution < -0.4 is 4.90 Å². The fourth-order valence-electron chi connectivity index (χ4n) is 1.98. The Morgan fingerprint density at radius 1 is 1.56 bits per heavy atom. The molecular formula is C12H16FN3O2. The van der Waals surface area contributed by atoms with E-state index < -0.39 is 17.6 Å². The number of anilines is 1. The van der Waals surface area contributed by atoms with Crippen molar-refractivity contribution in [2.75, 3.05) is 18.0 Å². The lowest BCUT2D eigenvalue weighted by atomic mass is 9.79. The van der Waals surface area contributed by atoms with Gasteiger partial charge < -0.3 is 10.0 Å². The Morgan fingerprint density at radius 2 is 2.17 bits per heavy atom. The van der Waals surface area contributed by atoms with Gasteiger partial charge in [0.05, 0.1) is 12.0 Å². The van der Waals surface area contributed by atoms with Gasteiger partial charge in [-0.2, -0.15) is 0 Å². The van der Waals surface area contributed by atoms with Crippen molar-refractivity contribution in [2.24, 2.45) is 5.41 Å². The normalized spacial score (nSPS) is 28.2. The van der Waals surface area contributed by atoms with Crippen LogP contribution in [0.2, 0.25) is 0 Å². The number of hydrogen-bond acceptors (Lipinski definition) is 4. The van der Waals surface area contributed by atoms with E-state index in [4.69, 9.17) is 5.11 Å². The molecule has 0 radical (unpaired) electrons. The number of carbonyl (C=O) groups is 1. The van der Waals surface area contributed by atoms with Gasteiger partial charge in [0.25, 0.3) is 0 Å². The smallest absolute Gasteiger partial charge is 0.312 e. The van der Waals surface area contributed by atoms with E-state index in [-0.39, 0.29) is 13.0 Å². The molecule has 2 atom stereocenters. The number of halogens is 1. The van der Waals surface area contributed by atoms with Crippen LogP contribution in [0.4, 0.5) is 10.3 Å². The van der Waals surface area contributed by atoms with Crippen LogP contribution >= 0.6 is 0 Å². The topological polar surface area (TPSA) is 66.3 Å². The SMILES string of the molecule is Cc1cnc(N2CCC(C)(C(=O)O)[C@H](F)C2)nc1. The van der Waals surface area contributed by atoms with E-state index in [1.54, 1.807) is 17.3 Å². The Hall–Kier alpha value is -1.72. The number of rotatable bonds is 2. The summed E-state index contributed by atoms with van der Waals surface area (Å²) < 4.78 is 14.0. The average Bonchev–Trinajstić information content (AvgIpc) is 2.33. The maximum absolute atomic E-state index is 14.0. The van der Waals surface area contributed by atoms with Crippen LogP contribution in [0.5, 0.6) is 0 Å². The van der Waals surface area contributed by atoms with E-state index in [1.165, 1.54) is 6.92 Å². The molecule has 1 fully saturated rings. The fourth-order valence-corrected chi connectivity index (χ4v) is 1.98. The highest BCUT2D eigenvalue weighted by molar-refractivity contribution is 5.75. The van der Waals surface area contributed by atoms with Gasteiger partial charge in [-0.05, 0) is 25.8 Å². The third-order valence-corrected chi connectivity index (χ3v) is 3.51. The minimum absolute atomic E-state index is 0.0197. The second-order valence-corrected chi connectivity index (χ2v) is 4.95. The van der Waals surface area contributed by atoms with Crippen molar-refractivity contribution in [1.82, 2.24) is 9.97 Å². The molecule has 0 spiro atoms. The van der Waals surface area contributed by atoms with Gasteiger partial charge >= 0.3 is 5.97 Å². The van der Waals surface area contributed by atoms with E-state index in [9.17, 15) is 9.18 Å². The van der Waals surface area contributed by atoms with Crippen molar-refractivity contribution in [3.8, 4) is 0 Å². The quantitative estimate of drug-likeness (QED) is 0.863. The van der Waals surface area contributed by atoms with Crippen molar-refractivity contribution >= 4 is 11.9 Å².